The number of nitrogens with zero attached hydrogens (tertiary/aromatic N) is 2. The fourth-order valence-corrected chi connectivity index (χ4v) is 3.34. The molecule has 3 rings (SSSR count). The number of hydrogen-bond donors (Lipinski definition) is 1. The number of nitrogens with one attached hydrogen (secondary N) is 1. The molecule has 0 amide bonds. The van der Waals surface area contributed by atoms with E-state index < -0.39 is 11.6 Å². The van der Waals surface area contributed by atoms with Crippen molar-refractivity contribution in [3.63, 3.8) is 0 Å². The lowest BCUT2D eigenvalue weighted by Crippen LogP contribution is -2.33. The Hall–Kier alpha value is -2.79. The predicted octanol–water partition coefficient (Wildman–Crippen LogP) is 5.35. The topological polar surface area (TPSA) is 29.9 Å². The summed E-state index contributed by atoms with van der Waals surface area (Å²) in [7, 11) is 1.86. The van der Waals surface area contributed by atoms with Crippen molar-refractivity contribution in [2.45, 2.75) is 26.4 Å². The Kier molecular flexibility index (Phi) is 5.75. The van der Waals surface area contributed by atoms with Crippen molar-refractivity contribution in [3.05, 3.63) is 90.4 Å². The molecule has 1 atom stereocenters. The van der Waals surface area contributed by atoms with Gasteiger partial charge in [-0.2, -0.15) is 0 Å². The van der Waals surface area contributed by atoms with E-state index >= 15 is 0 Å². The lowest BCUT2D eigenvalue weighted by atomic mass is 9.84. The van der Waals surface area contributed by atoms with Gasteiger partial charge in [-0.25, -0.2) is 13.8 Å². The lowest BCUT2D eigenvalue weighted by Gasteiger charge is -2.31. The van der Waals surface area contributed by atoms with Crippen LogP contribution in [0.3, 0.4) is 0 Å². The first-order valence-electron chi connectivity index (χ1n) is 9.23. The molecule has 1 N–H and O–H groups in total. The number of halogens is 2. The molecule has 0 aliphatic heterocycles. The van der Waals surface area contributed by atoms with Gasteiger partial charge < -0.3 is 9.88 Å². The first-order valence-corrected chi connectivity index (χ1v) is 9.23. The van der Waals surface area contributed by atoms with Crippen LogP contribution in [0.2, 0.25) is 0 Å². The number of hydrogen-bond acceptors (Lipinski definition) is 2. The summed E-state index contributed by atoms with van der Waals surface area (Å²) in [6.45, 7) is 8.64. The van der Waals surface area contributed by atoms with Gasteiger partial charge in [0.05, 0.1) is 11.7 Å². The van der Waals surface area contributed by atoms with Crippen LogP contribution < -0.4 is 5.32 Å². The molecule has 3 nitrogen and oxygen atoms in total. The van der Waals surface area contributed by atoms with E-state index in [4.69, 9.17) is 4.98 Å². The van der Waals surface area contributed by atoms with Crippen LogP contribution in [0.15, 0.2) is 67.4 Å². The van der Waals surface area contributed by atoms with Gasteiger partial charge in [0, 0.05) is 23.7 Å². The molecule has 0 spiro atoms. The summed E-state index contributed by atoms with van der Waals surface area (Å²) in [6, 6.07) is 13.2. The number of rotatable bonds is 7. The van der Waals surface area contributed by atoms with Gasteiger partial charge in [-0.05, 0) is 30.8 Å². The molecule has 0 aliphatic carbocycles. The van der Waals surface area contributed by atoms with Crippen LogP contribution >= 0.6 is 0 Å². The summed E-state index contributed by atoms with van der Waals surface area (Å²) >= 11 is 0. The van der Waals surface area contributed by atoms with Crippen molar-refractivity contribution in [1.29, 1.82) is 0 Å². The van der Waals surface area contributed by atoms with Crippen molar-refractivity contribution >= 4 is 0 Å². The van der Waals surface area contributed by atoms with Gasteiger partial charge in [-0.1, -0.05) is 50.3 Å². The second-order valence-electron chi connectivity index (χ2n) is 7.47. The smallest absolute Gasteiger partial charge is 0.132 e. The highest BCUT2D eigenvalue weighted by Crippen LogP contribution is 2.35. The van der Waals surface area contributed by atoms with Gasteiger partial charge in [0.25, 0.3) is 0 Å². The third-order valence-electron chi connectivity index (χ3n) is 5.02. The van der Waals surface area contributed by atoms with Crippen LogP contribution in [-0.2, 0) is 6.54 Å². The number of aromatic nitrogens is 2. The maximum absolute atomic E-state index is 14.4. The Bertz CT molecular complexity index is 961. The first-order chi connectivity index (χ1) is 13.4. The zero-order valence-corrected chi connectivity index (χ0v) is 16.4. The third-order valence-corrected chi connectivity index (χ3v) is 5.02. The summed E-state index contributed by atoms with van der Waals surface area (Å²) < 4.78 is 30.1. The molecule has 0 fully saturated rings. The molecule has 1 aromatic heterocycles. The molecule has 146 valence electrons. The SMILES string of the molecule is C=CC(C)(C)[C@@H](NC)c1nc(-c2cc(F)ccc2F)cn1Cc1ccccc1. The minimum atomic E-state index is -0.499. The molecular formula is C23H25F2N3. The zero-order chi connectivity index (χ0) is 20.3. The van der Waals surface area contributed by atoms with Gasteiger partial charge in [0.1, 0.15) is 17.5 Å². The van der Waals surface area contributed by atoms with Crippen LogP contribution in [0.1, 0.15) is 31.3 Å². The van der Waals surface area contributed by atoms with Crippen LogP contribution in [0.4, 0.5) is 8.78 Å². The largest absolute Gasteiger partial charge is 0.329 e. The van der Waals surface area contributed by atoms with E-state index in [1.165, 1.54) is 6.07 Å². The van der Waals surface area contributed by atoms with Crippen LogP contribution in [0.5, 0.6) is 0 Å². The van der Waals surface area contributed by atoms with Gasteiger partial charge in [0.2, 0.25) is 0 Å². The predicted molar refractivity (Wildman–Crippen MR) is 109 cm³/mol. The lowest BCUT2D eigenvalue weighted by molar-refractivity contribution is 0.312. The minimum absolute atomic E-state index is 0.152. The van der Waals surface area contributed by atoms with Gasteiger partial charge >= 0.3 is 0 Å². The average Bonchev–Trinajstić information content (AvgIpc) is 3.08. The highest BCUT2D eigenvalue weighted by Gasteiger charge is 2.31. The molecule has 1 heterocycles. The molecule has 0 bridgehead atoms. The van der Waals surface area contributed by atoms with E-state index in [0.717, 1.165) is 23.5 Å². The summed E-state index contributed by atoms with van der Waals surface area (Å²) in [4.78, 5) is 4.71. The van der Waals surface area contributed by atoms with Crippen LogP contribution in [0, 0.1) is 17.0 Å². The Morgan fingerprint density at radius 3 is 2.54 bits per heavy atom. The molecule has 0 aliphatic rings. The molecule has 28 heavy (non-hydrogen) atoms. The van der Waals surface area contributed by atoms with Crippen molar-refractivity contribution in [1.82, 2.24) is 14.9 Å². The Labute approximate surface area is 164 Å². The Morgan fingerprint density at radius 1 is 1.18 bits per heavy atom. The third kappa shape index (κ3) is 4.04. The van der Waals surface area contributed by atoms with E-state index in [1.807, 2.05) is 48.0 Å². The van der Waals surface area contributed by atoms with Gasteiger partial charge in [-0.3, -0.25) is 0 Å². The molecule has 3 aromatic rings. The molecular weight excluding hydrogens is 356 g/mol. The van der Waals surface area contributed by atoms with E-state index in [9.17, 15) is 8.78 Å². The Balaban J connectivity index is 2.14. The van der Waals surface area contributed by atoms with Crippen molar-refractivity contribution in [2.24, 2.45) is 5.41 Å². The minimum Gasteiger partial charge on any atom is -0.329 e. The number of benzene rings is 2. The van der Waals surface area contributed by atoms with E-state index in [-0.39, 0.29) is 17.0 Å². The standard InChI is InChI=1S/C23H25F2N3/c1-5-23(2,3)21(26-4)22-27-20(18-13-17(24)11-12-19(18)25)15-28(22)14-16-9-7-6-8-10-16/h5-13,15,21,26H,1,14H2,2-4H3/t21-/m0/s1. The molecule has 0 radical (unpaired) electrons. The highest BCUT2D eigenvalue weighted by atomic mass is 19.1. The average molecular weight is 381 g/mol. The maximum atomic E-state index is 14.4. The normalized spacial score (nSPS) is 12.8. The van der Waals surface area contributed by atoms with Crippen molar-refractivity contribution in [2.75, 3.05) is 7.05 Å². The van der Waals surface area contributed by atoms with Crippen LogP contribution in [-0.4, -0.2) is 16.6 Å². The van der Waals surface area contributed by atoms with Gasteiger partial charge in [0.15, 0.2) is 0 Å². The molecule has 5 heteroatoms. The summed E-state index contributed by atoms with van der Waals surface area (Å²) in [5.41, 5.74) is 1.35. The maximum Gasteiger partial charge on any atom is 0.132 e. The van der Waals surface area contributed by atoms with Crippen molar-refractivity contribution in [3.8, 4) is 11.3 Å². The highest BCUT2D eigenvalue weighted by molar-refractivity contribution is 5.60. The number of imidazole rings is 1. The second-order valence-corrected chi connectivity index (χ2v) is 7.47. The summed E-state index contributed by atoms with van der Waals surface area (Å²) in [5.74, 6) is -0.247. The molecule has 2 aromatic carbocycles. The summed E-state index contributed by atoms with van der Waals surface area (Å²) in [5, 5.41) is 3.30. The molecule has 0 saturated carbocycles. The van der Waals surface area contributed by atoms with E-state index in [1.54, 1.807) is 6.20 Å². The van der Waals surface area contributed by atoms with Crippen LogP contribution in [0.25, 0.3) is 11.3 Å². The fourth-order valence-electron chi connectivity index (χ4n) is 3.34. The summed E-state index contributed by atoms with van der Waals surface area (Å²) in [6.07, 6.45) is 3.65. The zero-order valence-electron chi connectivity index (χ0n) is 16.4. The second kappa shape index (κ2) is 8.07. The monoisotopic (exact) mass is 381 g/mol. The molecule has 0 unspecified atom stereocenters. The fraction of sp³-hybridized carbons (Fsp3) is 0.261. The van der Waals surface area contributed by atoms with Crippen molar-refractivity contribution < 1.29 is 8.78 Å². The quantitative estimate of drug-likeness (QED) is 0.559. The molecule has 0 saturated heterocycles. The van der Waals surface area contributed by atoms with Gasteiger partial charge in [-0.15, -0.1) is 6.58 Å². The first kappa shape index (κ1) is 20.0. The Morgan fingerprint density at radius 2 is 1.89 bits per heavy atom. The van der Waals surface area contributed by atoms with E-state index in [2.05, 4.69) is 25.7 Å². The van der Waals surface area contributed by atoms with E-state index in [0.29, 0.717) is 12.2 Å².